The number of methoxy groups -OCH3 is 1. The molecule has 1 amide bonds. The van der Waals surface area contributed by atoms with E-state index in [2.05, 4.69) is 42.2 Å². The minimum atomic E-state index is -0.262. The molecule has 1 heterocycles. The largest absolute Gasteiger partial charge is 0.497 e. The number of nitrogens with zero attached hydrogens (tertiary/aromatic N) is 1. The summed E-state index contributed by atoms with van der Waals surface area (Å²) < 4.78 is 6.88. The predicted molar refractivity (Wildman–Crippen MR) is 98.1 cm³/mol. The molecule has 0 spiro atoms. The number of ether oxygens (including phenoxy) is 1. The molecule has 6 heteroatoms. The van der Waals surface area contributed by atoms with E-state index in [4.69, 9.17) is 4.74 Å². The van der Waals surface area contributed by atoms with Crippen LogP contribution in [0.3, 0.4) is 0 Å². The smallest absolute Gasteiger partial charge is 0.274 e. The third kappa shape index (κ3) is 3.54. The summed E-state index contributed by atoms with van der Waals surface area (Å²) >= 11 is 6.81. The molecule has 0 radical (unpaired) electrons. The topological polar surface area (TPSA) is 51.2 Å². The van der Waals surface area contributed by atoms with Crippen molar-refractivity contribution in [2.24, 2.45) is 0 Å². The molecule has 0 saturated heterocycles. The molecule has 0 unspecified atom stereocenters. The highest BCUT2D eigenvalue weighted by molar-refractivity contribution is 9.11. The van der Waals surface area contributed by atoms with Gasteiger partial charge in [0.05, 0.1) is 18.3 Å². The van der Waals surface area contributed by atoms with Crippen LogP contribution in [0.25, 0.3) is 10.9 Å². The molecule has 0 aliphatic rings. The van der Waals surface area contributed by atoms with Gasteiger partial charge < -0.3 is 10.1 Å². The monoisotopic (exact) mass is 434 g/mol. The number of anilines is 1. The minimum Gasteiger partial charge on any atom is -0.497 e. The van der Waals surface area contributed by atoms with Gasteiger partial charge in [-0.25, -0.2) is 4.98 Å². The zero-order valence-electron chi connectivity index (χ0n) is 12.1. The second-order valence-electron chi connectivity index (χ2n) is 4.83. The van der Waals surface area contributed by atoms with Crippen LogP contribution >= 0.6 is 31.9 Å². The number of nitrogens with one attached hydrogen (secondary N) is 1. The van der Waals surface area contributed by atoms with Gasteiger partial charge in [0.25, 0.3) is 5.91 Å². The summed E-state index contributed by atoms with van der Waals surface area (Å²) in [4.78, 5) is 16.8. The first-order chi connectivity index (χ1) is 11.1. The van der Waals surface area contributed by atoms with Gasteiger partial charge in [-0.3, -0.25) is 4.79 Å². The molecule has 3 rings (SSSR count). The fraction of sp³-hybridized carbons (Fsp3) is 0.0588. The average molecular weight is 436 g/mol. The molecule has 116 valence electrons. The highest BCUT2D eigenvalue weighted by atomic mass is 79.9. The van der Waals surface area contributed by atoms with E-state index < -0.39 is 0 Å². The molecule has 2 aromatic carbocycles. The summed E-state index contributed by atoms with van der Waals surface area (Å²) in [6.07, 6.45) is 0. The lowest BCUT2D eigenvalue weighted by Crippen LogP contribution is -2.14. The number of hydrogen-bond donors (Lipinski definition) is 1. The summed E-state index contributed by atoms with van der Waals surface area (Å²) in [6.45, 7) is 0. The van der Waals surface area contributed by atoms with Crippen LogP contribution in [0.4, 0.5) is 5.69 Å². The van der Waals surface area contributed by atoms with Crippen molar-refractivity contribution >= 4 is 54.4 Å². The fourth-order valence-corrected chi connectivity index (χ4v) is 2.84. The molecule has 0 fully saturated rings. The zero-order chi connectivity index (χ0) is 16.4. The summed E-state index contributed by atoms with van der Waals surface area (Å²) in [5.74, 6) is 0.496. The molecular weight excluding hydrogens is 424 g/mol. The molecule has 0 atom stereocenters. The Labute approximate surface area is 150 Å². The highest BCUT2D eigenvalue weighted by Crippen LogP contribution is 2.27. The predicted octanol–water partition coefficient (Wildman–Crippen LogP) is 5.02. The van der Waals surface area contributed by atoms with Gasteiger partial charge in [-0.2, -0.15) is 0 Å². The maximum absolute atomic E-state index is 12.4. The summed E-state index contributed by atoms with van der Waals surface area (Å²) in [5, 5.41) is 3.77. The van der Waals surface area contributed by atoms with Crippen LogP contribution in [-0.2, 0) is 0 Å². The van der Waals surface area contributed by atoms with E-state index >= 15 is 0 Å². The first kappa shape index (κ1) is 16.0. The molecule has 4 nitrogen and oxygen atoms in total. The van der Waals surface area contributed by atoms with Crippen LogP contribution in [-0.4, -0.2) is 18.0 Å². The number of carbonyl (C=O) groups excluding carboxylic acids is 1. The molecule has 1 aromatic heterocycles. The van der Waals surface area contributed by atoms with Crippen LogP contribution < -0.4 is 10.1 Å². The maximum atomic E-state index is 12.4. The third-order valence-corrected chi connectivity index (χ3v) is 4.49. The third-order valence-electron chi connectivity index (χ3n) is 3.31. The van der Waals surface area contributed by atoms with Crippen LogP contribution in [0, 0.1) is 0 Å². The molecule has 0 bridgehead atoms. The Morgan fingerprint density at radius 1 is 1.09 bits per heavy atom. The Bertz CT molecular complexity index is 897. The van der Waals surface area contributed by atoms with Crippen molar-refractivity contribution in [3.05, 3.63) is 63.2 Å². The Hall–Kier alpha value is -1.92. The number of fused-ring (bicyclic) bond motifs is 1. The van der Waals surface area contributed by atoms with Crippen molar-refractivity contribution < 1.29 is 9.53 Å². The molecular formula is C17H12Br2N2O2. The maximum Gasteiger partial charge on any atom is 0.274 e. The lowest BCUT2D eigenvalue weighted by atomic mass is 10.2. The Morgan fingerprint density at radius 3 is 2.70 bits per heavy atom. The zero-order valence-corrected chi connectivity index (χ0v) is 15.3. The SMILES string of the molecule is COc1ccc2nc(C(=O)Nc3cc(Br)ccc3Br)ccc2c1. The van der Waals surface area contributed by atoms with Gasteiger partial charge >= 0.3 is 0 Å². The van der Waals surface area contributed by atoms with E-state index in [-0.39, 0.29) is 5.91 Å². The number of pyridine rings is 1. The Morgan fingerprint density at radius 2 is 1.91 bits per heavy atom. The number of benzene rings is 2. The van der Waals surface area contributed by atoms with Gasteiger partial charge in [-0.05, 0) is 58.4 Å². The van der Waals surface area contributed by atoms with Crippen LogP contribution in [0.1, 0.15) is 10.5 Å². The molecule has 3 aromatic rings. The summed E-state index contributed by atoms with van der Waals surface area (Å²) in [7, 11) is 1.62. The summed E-state index contributed by atoms with van der Waals surface area (Å²) in [5.41, 5.74) is 1.78. The van der Waals surface area contributed by atoms with E-state index in [9.17, 15) is 4.79 Å². The molecule has 1 N–H and O–H groups in total. The second kappa shape index (κ2) is 6.68. The number of halogens is 2. The normalized spacial score (nSPS) is 10.6. The van der Waals surface area contributed by atoms with Gasteiger partial charge in [-0.1, -0.05) is 22.0 Å². The highest BCUT2D eigenvalue weighted by Gasteiger charge is 2.11. The van der Waals surface area contributed by atoms with Crippen LogP contribution in [0.5, 0.6) is 5.75 Å². The van der Waals surface area contributed by atoms with Gasteiger partial charge in [-0.15, -0.1) is 0 Å². The van der Waals surface area contributed by atoms with E-state index in [1.165, 1.54) is 0 Å². The Balaban J connectivity index is 1.90. The van der Waals surface area contributed by atoms with Gasteiger partial charge in [0, 0.05) is 14.3 Å². The molecule has 0 saturated carbocycles. The number of carbonyl (C=O) groups is 1. The fourth-order valence-electron chi connectivity index (χ4n) is 2.14. The molecule has 0 aliphatic heterocycles. The van der Waals surface area contributed by atoms with E-state index in [1.54, 1.807) is 13.2 Å². The number of rotatable bonds is 3. The average Bonchev–Trinajstić information content (AvgIpc) is 2.57. The number of aromatic nitrogens is 1. The first-order valence-electron chi connectivity index (χ1n) is 6.78. The number of hydrogen-bond acceptors (Lipinski definition) is 3. The van der Waals surface area contributed by atoms with E-state index in [1.807, 2.05) is 42.5 Å². The lowest BCUT2D eigenvalue weighted by molar-refractivity contribution is 0.102. The van der Waals surface area contributed by atoms with Gasteiger partial charge in [0.15, 0.2) is 0 Å². The van der Waals surface area contributed by atoms with E-state index in [0.29, 0.717) is 11.4 Å². The minimum absolute atomic E-state index is 0.262. The van der Waals surface area contributed by atoms with Crippen molar-refractivity contribution in [2.45, 2.75) is 0 Å². The summed E-state index contributed by atoms with van der Waals surface area (Å²) in [6, 6.07) is 14.7. The molecule has 23 heavy (non-hydrogen) atoms. The molecule has 0 aliphatic carbocycles. The van der Waals surface area contributed by atoms with Crippen LogP contribution in [0.2, 0.25) is 0 Å². The van der Waals surface area contributed by atoms with Crippen molar-refractivity contribution in [3.63, 3.8) is 0 Å². The van der Waals surface area contributed by atoms with Gasteiger partial charge in [0.2, 0.25) is 0 Å². The number of amides is 1. The Kier molecular flexibility index (Phi) is 4.63. The van der Waals surface area contributed by atoms with Crippen LogP contribution in [0.15, 0.2) is 57.5 Å². The van der Waals surface area contributed by atoms with Crippen molar-refractivity contribution in [1.29, 1.82) is 0 Å². The standard InChI is InChI=1S/C17H12Br2N2O2/c1-23-12-4-7-14-10(8-12)2-6-15(20-14)17(22)21-16-9-11(18)3-5-13(16)19/h2-9H,1H3,(H,21,22). The second-order valence-corrected chi connectivity index (χ2v) is 6.60. The van der Waals surface area contributed by atoms with Gasteiger partial charge in [0.1, 0.15) is 11.4 Å². The quantitative estimate of drug-likeness (QED) is 0.628. The lowest BCUT2D eigenvalue weighted by Gasteiger charge is -2.08. The van der Waals surface area contributed by atoms with Crippen molar-refractivity contribution in [3.8, 4) is 5.75 Å². The van der Waals surface area contributed by atoms with Crippen molar-refractivity contribution in [1.82, 2.24) is 4.98 Å². The first-order valence-corrected chi connectivity index (χ1v) is 8.36. The van der Waals surface area contributed by atoms with Crippen molar-refractivity contribution in [2.75, 3.05) is 12.4 Å². The van der Waals surface area contributed by atoms with E-state index in [0.717, 1.165) is 25.6 Å².